The lowest BCUT2D eigenvalue weighted by molar-refractivity contribution is -0.122. The topological polar surface area (TPSA) is 94.2 Å². The Hall–Kier alpha value is -4.36. The summed E-state index contributed by atoms with van der Waals surface area (Å²) < 4.78 is 12.1. The number of methoxy groups -OCH3 is 1. The predicted octanol–water partition coefficient (Wildman–Crippen LogP) is 9.33. The van der Waals surface area contributed by atoms with Gasteiger partial charge < -0.3 is 20.1 Å². The van der Waals surface area contributed by atoms with Gasteiger partial charge in [-0.15, -0.1) is 11.6 Å². The maximum absolute atomic E-state index is 14.0. The molecule has 50 heavy (non-hydrogen) atoms. The Morgan fingerprint density at radius 3 is 2.40 bits per heavy atom. The Balaban J connectivity index is 1.21. The monoisotopic (exact) mass is 693 g/mol. The quantitative estimate of drug-likeness (QED) is 0.0556. The molecule has 0 saturated carbocycles. The number of anilines is 2. The van der Waals surface area contributed by atoms with Gasteiger partial charge in [0, 0.05) is 58.9 Å². The first-order valence-electron chi connectivity index (χ1n) is 17.8. The highest BCUT2D eigenvalue weighted by molar-refractivity contribution is 6.19. The van der Waals surface area contributed by atoms with Gasteiger partial charge >= 0.3 is 0 Å². The maximum atomic E-state index is 14.0. The highest BCUT2D eigenvalue weighted by Crippen LogP contribution is 2.45. The van der Waals surface area contributed by atoms with Crippen molar-refractivity contribution >= 4 is 57.3 Å². The minimum atomic E-state index is -0.343. The maximum Gasteiger partial charge on any atom is 0.229 e. The third-order valence-corrected chi connectivity index (χ3v) is 10.9. The van der Waals surface area contributed by atoms with Crippen LogP contribution in [0.5, 0.6) is 11.5 Å². The van der Waals surface area contributed by atoms with Gasteiger partial charge in [0.2, 0.25) is 5.91 Å². The van der Waals surface area contributed by atoms with E-state index in [1.165, 1.54) is 11.1 Å². The molecule has 262 valence electrons. The Bertz CT molecular complexity index is 1920. The number of carbonyl (C=O) groups excluding carboxylic acids is 2. The van der Waals surface area contributed by atoms with Gasteiger partial charge in [-0.05, 0) is 85.6 Å². The van der Waals surface area contributed by atoms with E-state index in [0.29, 0.717) is 53.2 Å². The lowest BCUT2D eigenvalue weighted by atomic mass is 9.91. The number of alkyl halides is 1. The molecule has 7 nitrogen and oxygen atoms in total. The Morgan fingerprint density at radius 2 is 1.72 bits per heavy atom. The van der Waals surface area contributed by atoms with Gasteiger partial charge in [0.25, 0.3) is 0 Å². The minimum Gasteiger partial charge on any atom is -0.493 e. The standard InChI is InChI=1S/C42H48ClN3O4/c1-6-28-16-29(18-31-12-8-7-11-30(31)17-28)23-45-37-21-40(39(49-5)19-35(37)27(4)47)50-26(3)15-25(2)42(48)46-24-32(22-43)41-34-14-10-9-13-33(34)36(44)20-38(41)46/h7-14,19-21,23,25-26,28-29,32H,6,15-18,22,24,44H2,1-5H3/t25?,26-,28?,29-,32?/m0/s1. The van der Waals surface area contributed by atoms with Crippen LogP contribution in [0.3, 0.4) is 0 Å². The van der Waals surface area contributed by atoms with Crippen LogP contribution in [0, 0.1) is 17.8 Å². The zero-order valence-electron chi connectivity index (χ0n) is 29.7. The number of nitrogens with zero attached hydrogens (tertiary/aromatic N) is 2. The number of halogens is 1. The summed E-state index contributed by atoms with van der Waals surface area (Å²) >= 11 is 6.45. The van der Waals surface area contributed by atoms with E-state index in [1.54, 1.807) is 26.2 Å². The fourth-order valence-corrected chi connectivity index (χ4v) is 8.13. The first kappa shape index (κ1) is 35.5. The molecule has 0 saturated heterocycles. The van der Waals surface area contributed by atoms with Crippen molar-refractivity contribution in [3.8, 4) is 11.5 Å². The Kier molecular flexibility index (Phi) is 10.8. The van der Waals surface area contributed by atoms with E-state index < -0.39 is 0 Å². The molecule has 0 spiro atoms. The van der Waals surface area contributed by atoms with E-state index in [4.69, 9.17) is 31.8 Å². The van der Waals surface area contributed by atoms with E-state index in [9.17, 15) is 9.59 Å². The second-order valence-corrected chi connectivity index (χ2v) is 14.4. The van der Waals surface area contributed by atoms with Gasteiger partial charge in [0.1, 0.15) is 0 Å². The average molecular weight is 694 g/mol. The summed E-state index contributed by atoms with van der Waals surface area (Å²) in [6, 6.07) is 22.1. The largest absolute Gasteiger partial charge is 0.493 e. The number of carbonyl (C=O) groups is 2. The number of nitrogen functional groups attached to an aromatic ring is 1. The molecule has 2 aliphatic rings. The fourth-order valence-electron chi connectivity index (χ4n) is 7.88. The van der Waals surface area contributed by atoms with Crippen molar-refractivity contribution in [2.24, 2.45) is 22.7 Å². The molecule has 2 N–H and O–H groups in total. The SMILES string of the molecule is CCC1Cc2ccccc2C[C@@H](C=Nc2cc(O[C@@H](C)CC(C)C(=O)N3CC(CCl)c4c3cc(N)c3ccccc43)c(OC)cc2C(C)=O)C1. The molecule has 5 atom stereocenters. The highest BCUT2D eigenvalue weighted by atomic mass is 35.5. The molecule has 4 aromatic carbocycles. The summed E-state index contributed by atoms with van der Waals surface area (Å²) in [6.07, 6.45) is 6.31. The molecule has 3 unspecified atom stereocenters. The molecule has 6 rings (SSSR count). The van der Waals surface area contributed by atoms with Crippen LogP contribution in [0.4, 0.5) is 17.1 Å². The van der Waals surface area contributed by atoms with Crippen LogP contribution in [0.2, 0.25) is 0 Å². The van der Waals surface area contributed by atoms with Gasteiger partial charge in [0.05, 0.1) is 18.9 Å². The molecule has 1 heterocycles. The zero-order valence-corrected chi connectivity index (χ0v) is 30.5. The molecule has 1 aliphatic carbocycles. The van der Waals surface area contributed by atoms with Crippen LogP contribution in [-0.4, -0.2) is 43.5 Å². The number of hydrogen-bond donors (Lipinski definition) is 1. The number of fused-ring (bicyclic) bond motifs is 4. The van der Waals surface area contributed by atoms with Crippen molar-refractivity contribution < 1.29 is 19.1 Å². The number of amides is 1. The first-order valence-corrected chi connectivity index (χ1v) is 18.3. The lowest BCUT2D eigenvalue weighted by Gasteiger charge is -2.25. The van der Waals surface area contributed by atoms with Crippen LogP contribution in [0.25, 0.3) is 10.8 Å². The van der Waals surface area contributed by atoms with Crippen molar-refractivity contribution in [3.63, 3.8) is 0 Å². The molecule has 0 radical (unpaired) electrons. The molecule has 1 amide bonds. The molecule has 8 heteroatoms. The third kappa shape index (κ3) is 7.25. The van der Waals surface area contributed by atoms with E-state index in [0.717, 1.165) is 47.7 Å². The van der Waals surface area contributed by atoms with Crippen LogP contribution in [0.15, 0.2) is 71.7 Å². The van der Waals surface area contributed by atoms with Crippen LogP contribution in [-0.2, 0) is 17.6 Å². The van der Waals surface area contributed by atoms with E-state index in [2.05, 4.69) is 37.3 Å². The average Bonchev–Trinajstić information content (AvgIpc) is 3.37. The normalized spacial score (nSPS) is 19.9. The van der Waals surface area contributed by atoms with E-state index in [1.807, 2.05) is 49.2 Å². The number of Topliss-reactive ketones (excluding diaryl/α,β-unsaturated/α-hetero) is 1. The van der Waals surface area contributed by atoms with Gasteiger partial charge in [-0.1, -0.05) is 68.8 Å². The first-order chi connectivity index (χ1) is 24.1. The number of ether oxygens (including phenoxy) is 2. The lowest BCUT2D eigenvalue weighted by Crippen LogP contribution is -2.36. The molecular weight excluding hydrogens is 646 g/mol. The Morgan fingerprint density at radius 1 is 1.02 bits per heavy atom. The smallest absolute Gasteiger partial charge is 0.229 e. The van der Waals surface area contributed by atoms with E-state index >= 15 is 0 Å². The van der Waals surface area contributed by atoms with E-state index in [-0.39, 0.29) is 35.5 Å². The van der Waals surface area contributed by atoms with Crippen molar-refractivity contribution in [2.45, 2.75) is 71.8 Å². The van der Waals surface area contributed by atoms with Crippen molar-refractivity contribution in [2.75, 3.05) is 30.2 Å². The minimum absolute atomic E-state index is 0.00327. The number of rotatable bonds is 11. The number of benzene rings is 4. The number of aliphatic imine (C=N–C) groups is 1. The van der Waals surface area contributed by atoms with Gasteiger partial charge in [-0.3, -0.25) is 14.6 Å². The summed E-state index contributed by atoms with van der Waals surface area (Å²) in [6.45, 7) is 8.19. The molecule has 0 bridgehead atoms. The molecular formula is C42H48ClN3O4. The highest BCUT2D eigenvalue weighted by Gasteiger charge is 2.36. The molecule has 0 aromatic heterocycles. The van der Waals surface area contributed by atoms with Crippen molar-refractivity contribution in [3.05, 3.63) is 89.0 Å². The predicted molar refractivity (Wildman–Crippen MR) is 205 cm³/mol. The van der Waals surface area contributed by atoms with Crippen molar-refractivity contribution in [1.29, 1.82) is 0 Å². The van der Waals surface area contributed by atoms with Gasteiger partial charge in [0.15, 0.2) is 17.3 Å². The number of nitrogens with two attached hydrogens (primary N) is 1. The molecule has 1 aliphatic heterocycles. The van der Waals surface area contributed by atoms with Crippen LogP contribution in [0.1, 0.15) is 79.9 Å². The number of ketones is 1. The number of hydrogen-bond acceptors (Lipinski definition) is 6. The van der Waals surface area contributed by atoms with Crippen molar-refractivity contribution in [1.82, 2.24) is 0 Å². The summed E-state index contributed by atoms with van der Waals surface area (Å²) in [4.78, 5) is 33.5. The summed E-state index contributed by atoms with van der Waals surface area (Å²) in [5.74, 6) is 1.77. The molecule has 0 fully saturated rings. The second kappa shape index (κ2) is 15.3. The van der Waals surface area contributed by atoms with Crippen LogP contribution < -0.4 is 20.1 Å². The Labute approximate surface area is 300 Å². The van der Waals surface area contributed by atoms with Crippen LogP contribution >= 0.6 is 11.6 Å². The van der Waals surface area contributed by atoms with Gasteiger partial charge in [-0.2, -0.15) is 0 Å². The van der Waals surface area contributed by atoms with Gasteiger partial charge in [-0.25, -0.2) is 0 Å². The third-order valence-electron chi connectivity index (χ3n) is 10.5. The summed E-state index contributed by atoms with van der Waals surface area (Å²) in [5.41, 5.74) is 12.9. The fraction of sp³-hybridized carbons (Fsp3) is 0.405. The zero-order chi connectivity index (χ0) is 35.5. The summed E-state index contributed by atoms with van der Waals surface area (Å²) in [5, 5.41) is 2.02. The second-order valence-electron chi connectivity index (χ2n) is 14.1. The molecule has 4 aromatic rings. The summed E-state index contributed by atoms with van der Waals surface area (Å²) in [7, 11) is 1.56.